The Hall–Kier alpha value is -0.420. The number of aliphatic hydroxyl groups is 2. The molecule has 1 fully saturated rings. The summed E-state index contributed by atoms with van der Waals surface area (Å²) in [6.45, 7) is 3.23. The van der Waals surface area contributed by atoms with E-state index in [0.717, 1.165) is 0 Å². The molecule has 74 valence electrons. The second-order valence-corrected chi connectivity index (χ2v) is 4.03. The third kappa shape index (κ3) is 1.30. The maximum absolute atomic E-state index is 9.86. The van der Waals surface area contributed by atoms with Gasteiger partial charge >= 0.3 is 0 Å². The number of rotatable bonds is 1. The highest BCUT2D eigenvalue weighted by molar-refractivity contribution is 5.21. The topological polar surface area (TPSA) is 58.9 Å². The van der Waals surface area contributed by atoms with E-state index in [1.165, 1.54) is 6.08 Å². The zero-order valence-corrected chi connectivity index (χ0v) is 7.73. The first-order chi connectivity index (χ1) is 5.97. The van der Waals surface area contributed by atoms with E-state index >= 15 is 0 Å². The van der Waals surface area contributed by atoms with E-state index in [1.807, 2.05) is 0 Å². The van der Waals surface area contributed by atoms with Crippen LogP contribution < -0.4 is 0 Å². The minimum Gasteiger partial charge on any atom is -0.393 e. The van der Waals surface area contributed by atoms with Crippen molar-refractivity contribution < 1.29 is 19.7 Å². The third-order valence-corrected chi connectivity index (χ3v) is 2.45. The van der Waals surface area contributed by atoms with Crippen molar-refractivity contribution in [2.75, 3.05) is 6.61 Å². The van der Waals surface area contributed by atoms with Gasteiger partial charge in [0.15, 0.2) is 5.79 Å². The van der Waals surface area contributed by atoms with Crippen molar-refractivity contribution >= 4 is 0 Å². The van der Waals surface area contributed by atoms with Gasteiger partial charge in [0.1, 0.15) is 17.8 Å². The average Bonchev–Trinajstić information content (AvgIpc) is 2.49. The Morgan fingerprint density at radius 3 is 2.69 bits per heavy atom. The molecule has 2 N–H and O–H groups in total. The number of hydrogen-bond donors (Lipinski definition) is 2. The van der Waals surface area contributed by atoms with E-state index in [2.05, 4.69) is 0 Å². The highest BCUT2D eigenvalue weighted by Crippen LogP contribution is 2.39. The van der Waals surface area contributed by atoms with E-state index in [1.54, 1.807) is 19.9 Å². The van der Waals surface area contributed by atoms with Gasteiger partial charge in [0.2, 0.25) is 0 Å². The zero-order valence-electron chi connectivity index (χ0n) is 7.73. The van der Waals surface area contributed by atoms with Crippen molar-refractivity contribution in [1.29, 1.82) is 0 Å². The van der Waals surface area contributed by atoms with Crippen LogP contribution in [0.4, 0.5) is 0 Å². The smallest absolute Gasteiger partial charge is 0.164 e. The second-order valence-electron chi connectivity index (χ2n) is 4.03. The fourth-order valence-corrected chi connectivity index (χ4v) is 1.82. The minimum absolute atomic E-state index is 0.243. The van der Waals surface area contributed by atoms with Gasteiger partial charge in [-0.15, -0.1) is 0 Å². The zero-order chi connectivity index (χ0) is 9.69. The summed E-state index contributed by atoms with van der Waals surface area (Å²) in [7, 11) is 0. The molecule has 0 aromatic heterocycles. The molecule has 1 heterocycles. The Kier molecular flexibility index (Phi) is 1.79. The van der Waals surface area contributed by atoms with Crippen molar-refractivity contribution in [1.82, 2.24) is 0 Å². The van der Waals surface area contributed by atoms with Gasteiger partial charge < -0.3 is 19.7 Å². The maximum atomic E-state index is 9.86. The molecule has 0 aromatic carbocycles. The summed E-state index contributed by atoms with van der Waals surface area (Å²) in [6.07, 6.45) is 2.55. The van der Waals surface area contributed by atoms with Crippen LogP contribution in [0, 0.1) is 0 Å². The first kappa shape index (κ1) is 9.15. The molecule has 0 saturated carbocycles. The SMILES string of the molecule is CC1(C)O[C@H]2C=C[C@](O)(CO)[C@H]2O1. The van der Waals surface area contributed by atoms with Crippen LogP contribution in [0.25, 0.3) is 0 Å². The summed E-state index contributed by atoms with van der Waals surface area (Å²) in [5.74, 6) is -0.677. The van der Waals surface area contributed by atoms with Gasteiger partial charge in [0.25, 0.3) is 0 Å². The van der Waals surface area contributed by atoms with Crippen LogP contribution in [0.3, 0.4) is 0 Å². The van der Waals surface area contributed by atoms with Crippen LogP contribution in [0.2, 0.25) is 0 Å². The third-order valence-electron chi connectivity index (χ3n) is 2.45. The van der Waals surface area contributed by atoms with Crippen LogP contribution in [-0.4, -0.2) is 40.4 Å². The van der Waals surface area contributed by atoms with Crippen molar-refractivity contribution in [3.63, 3.8) is 0 Å². The fourth-order valence-electron chi connectivity index (χ4n) is 1.82. The molecule has 1 saturated heterocycles. The van der Waals surface area contributed by atoms with Gasteiger partial charge in [-0.1, -0.05) is 6.08 Å². The quantitative estimate of drug-likeness (QED) is 0.557. The largest absolute Gasteiger partial charge is 0.393 e. The summed E-state index contributed by atoms with van der Waals surface area (Å²) >= 11 is 0. The molecule has 0 radical (unpaired) electrons. The Balaban J connectivity index is 2.21. The Bertz CT molecular complexity index is 248. The molecule has 0 unspecified atom stereocenters. The average molecular weight is 186 g/mol. The predicted octanol–water partition coefficient (Wildman–Crippen LogP) is -0.200. The molecule has 0 spiro atoms. The monoisotopic (exact) mass is 186 g/mol. The van der Waals surface area contributed by atoms with Crippen LogP contribution >= 0.6 is 0 Å². The van der Waals surface area contributed by atoms with Gasteiger partial charge in [0.05, 0.1) is 6.61 Å². The Labute approximate surface area is 76.8 Å². The van der Waals surface area contributed by atoms with Gasteiger partial charge in [0, 0.05) is 0 Å². The molecule has 0 amide bonds. The van der Waals surface area contributed by atoms with Crippen LogP contribution in [0.1, 0.15) is 13.8 Å². The normalized spacial score (nSPS) is 46.8. The summed E-state index contributed by atoms with van der Waals surface area (Å²) in [5, 5.41) is 18.9. The molecule has 1 aliphatic heterocycles. The lowest BCUT2D eigenvalue weighted by Crippen LogP contribution is -2.45. The van der Waals surface area contributed by atoms with Gasteiger partial charge in [-0.3, -0.25) is 0 Å². The second kappa shape index (κ2) is 2.54. The Morgan fingerprint density at radius 2 is 2.08 bits per heavy atom. The van der Waals surface area contributed by atoms with E-state index in [-0.39, 0.29) is 12.7 Å². The first-order valence-electron chi connectivity index (χ1n) is 4.35. The lowest BCUT2D eigenvalue weighted by Gasteiger charge is -2.26. The number of aliphatic hydroxyl groups excluding tert-OH is 1. The van der Waals surface area contributed by atoms with E-state index in [9.17, 15) is 5.11 Å². The summed E-state index contributed by atoms with van der Waals surface area (Å²) in [5.41, 5.74) is -1.28. The molecule has 1 aliphatic carbocycles. The number of ether oxygens (including phenoxy) is 2. The lowest BCUT2D eigenvalue weighted by atomic mass is 10.0. The molecule has 2 aliphatic rings. The predicted molar refractivity (Wildman–Crippen MR) is 45.0 cm³/mol. The van der Waals surface area contributed by atoms with E-state index in [4.69, 9.17) is 14.6 Å². The van der Waals surface area contributed by atoms with Crippen LogP contribution in [0.5, 0.6) is 0 Å². The molecular formula is C9H14O4. The number of hydrogen-bond acceptors (Lipinski definition) is 4. The molecule has 4 heteroatoms. The minimum atomic E-state index is -1.28. The number of fused-ring (bicyclic) bond motifs is 1. The Morgan fingerprint density at radius 1 is 1.38 bits per heavy atom. The van der Waals surface area contributed by atoms with Crippen LogP contribution in [0.15, 0.2) is 12.2 Å². The first-order valence-corrected chi connectivity index (χ1v) is 4.35. The van der Waals surface area contributed by atoms with Crippen molar-refractivity contribution in [2.24, 2.45) is 0 Å². The highest BCUT2D eigenvalue weighted by atomic mass is 16.8. The highest BCUT2D eigenvalue weighted by Gasteiger charge is 2.53. The van der Waals surface area contributed by atoms with Gasteiger partial charge in [-0.2, -0.15) is 0 Å². The van der Waals surface area contributed by atoms with Gasteiger partial charge in [-0.05, 0) is 19.9 Å². The maximum Gasteiger partial charge on any atom is 0.164 e. The van der Waals surface area contributed by atoms with Crippen LogP contribution in [-0.2, 0) is 9.47 Å². The molecule has 2 rings (SSSR count). The van der Waals surface area contributed by atoms with Crippen molar-refractivity contribution in [3.05, 3.63) is 12.2 Å². The van der Waals surface area contributed by atoms with Crippen molar-refractivity contribution in [3.8, 4) is 0 Å². The molecular weight excluding hydrogens is 172 g/mol. The molecule has 4 nitrogen and oxygen atoms in total. The standard InChI is InChI=1S/C9H14O4/c1-8(2)12-6-3-4-9(11,5-10)7(6)13-8/h3-4,6-7,10-11H,5H2,1-2H3/t6-,7-,9-/m0/s1. The fraction of sp³-hybridized carbons (Fsp3) is 0.778. The summed E-state index contributed by atoms with van der Waals surface area (Å²) in [4.78, 5) is 0. The molecule has 0 aromatic rings. The van der Waals surface area contributed by atoms with Crippen molar-refractivity contribution in [2.45, 2.75) is 37.4 Å². The van der Waals surface area contributed by atoms with Gasteiger partial charge in [-0.25, -0.2) is 0 Å². The summed E-state index contributed by atoms with van der Waals surface area (Å²) in [6, 6.07) is 0. The van der Waals surface area contributed by atoms with E-state index < -0.39 is 17.5 Å². The lowest BCUT2D eigenvalue weighted by molar-refractivity contribution is -0.169. The van der Waals surface area contributed by atoms with E-state index in [0.29, 0.717) is 0 Å². The summed E-state index contributed by atoms with van der Waals surface area (Å²) < 4.78 is 11.0. The molecule has 3 atom stereocenters. The molecule has 0 bridgehead atoms. The molecule has 13 heavy (non-hydrogen) atoms.